The van der Waals surface area contributed by atoms with Crippen LogP contribution in [0.5, 0.6) is 0 Å². The maximum Gasteiger partial charge on any atom is 0.416 e. The van der Waals surface area contributed by atoms with Crippen LogP contribution >= 0.6 is 0 Å². The molecule has 172 valence electrons. The van der Waals surface area contributed by atoms with E-state index < -0.39 is 40.7 Å². The molecule has 1 fully saturated rings. The van der Waals surface area contributed by atoms with Gasteiger partial charge in [0.1, 0.15) is 5.82 Å². The maximum atomic E-state index is 13.3. The average Bonchev–Trinajstić information content (AvgIpc) is 2.77. The Morgan fingerprint density at radius 3 is 2.34 bits per heavy atom. The minimum atomic E-state index is -4.54. The Kier molecular flexibility index (Phi) is 7.18. The Morgan fingerprint density at radius 2 is 1.75 bits per heavy atom. The van der Waals surface area contributed by atoms with Gasteiger partial charge in [0.05, 0.1) is 16.9 Å². The van der Waals surface area contributed by atoms with Gasteiger partial charge in [-0.2, -0.15) is 13.2 Å². The number of nitrogens with one attached hydrogen (secondary N) is 1. The lowest BCUT2D eigenvalue weighted by Crippen LogP contribution is -2.50. The predicted molar refractivity (Wildman–Crippen MR) is 109 cm³/mol. The lowest BCUT2D eigenvalue weighted by molar-refractivity contribution is -0.138. The van der Waals surface area contributed by atoms with Crippen LogP contribution in [0.2, 0.25) is 0 Å². The molecular weight excluding hydrogens is 428 g/mol. The molecule has 1 aliphatic heterocycles. The van der Waals surface area contributed by atoms with E-state index in [0.717, 1.165) is 12.1 Å². The van der Waals surface area contributed by atoms with Gasteiger partial charge in [0.15, 0.2) is 0 Å². The Balaban J connectivity index is 1.80. The van der Waals surface area contributed by atoms with Crippen LogP contribution < -0.4 is 11.1 Å². The van der Waals surface area contributed by atoms with Crippen LogP contribution in [-0.4, -0.2) is 31.6 Å². The van der Waals surface area contributed by atoms with Gasteiger partial charge in [0.2, 0.25) is 11.8 Å². The minimum Gasteiger partial charge on any atom is -0.381 e. The van der Waals surface area contributed by atoms with Gasteiger partial charge < -0.3 is 15.8 Å². The fraction of sp³-hybridized carbons (Fsp3) is 0.391. The third kappa shape index (κ3) is 5.45. The number of hydrogen-bond acceptors (Lipinski definition) is 3. The minimum absolute atomic E-state index is 0.0902. The highest BCUT2D eigenvalue weighted by molar-refractivity contribution is 5.89. The van der Waals surface area contributed by atoms with Gasteiger partial charge in [-0.3, -0.25) is 9.59 Å². The molecule has 2 amide bonds. The summed E-state index contributed by atoms with van der Waals surface area (Å²) in [6.07, 6.45) is -3.93. The molecule has 0 aliphatic carbocycles. The topological polar surface area (TPSA) is 81.4 Å². The molecule has 0 aromatic heterocycles. The smallest absolute Gasteiger partial charge is 0.381 e. The lowest BCUT2D eigenvalue weighted by atomic mass is 9.73. The molecule has 32 heavy (non-hydrogen) atoms. The van der Waals surface area contributed by atoms with Crippen molar-refractivity contribution < 1.29 is 31.9 Å². The third-order valence-electron chi connectivity index (χ3n) is 5.83. The van der Waals surface area contributed by atoms with Gasteiger partial charge in [0, 0.05) is 19.8 Å². The molecule has 0 saturated carbocycles. The summed E-state index contributed by atoms with van der Waals surface area (Å²) in [5.74, 6) is -2.30. The van der Waals surface area contributed by atoms with E-state index in [-0.39, 0.29) is 44.6 Å². The van der Waals surface area contributed by atoms with Gasteiger partial charge in [-0.15, -0.1) is 0 Å². The summed E-state index contributed by atoms with van der Waals surface area (Å²) in [7, 11) is 0. The molecule has 2 aromatic rings. The van der Waals surface area contributed by atoms with E-state index in [9.17, 15) is 27.2 Å². The summed E-state index contributed by atoms with van der Waals surface area (Å²) in [5, 5.41) is 2.71. The zero-order chi connectivity index (χ0) is 23.4. The molecular formula is C23H24F4N2O3. The highest BCUT2D eigenvalue weighted by Crippen LogP contribution is 2.38. The quantitative estimate of drug-likeness (QED) is 0.633. The Bertz CT molecular complexity index is 954. The van der Waals surface area contributed by atoms with Crippen molar-refractivity contribution in [3.63, 3.8) is 0 Å². The predicted octanol–water partition coefficient (Wildman–Crippen LogP) is 3.35. The number of alkyl halides is 3. The first kappa shape index (κ1) is 23.7. The standard InChI is InChI=1S/C23H24F4N2O3/c24-19-6-4-15(5-7-19)12-16(20(28)30)14-29-21(31)22(8-10-32-11-9-22)17-2-1-3-18(13-17)23(25,26)27/h1-7,13,16H,8-12,14H2,(H2,28,30)(H,29,31). The number of halogens is 4. The summed E-state index contributed by atoms with van der Waals surface area (Å²) in [4.78, 5) is 25.2. The number of rotatable bonds is 7. The van der Waals surface area contributed by atoms with Gasteiger partial charge in [-0.1, -0.05) is 30.3 Å². The van der Waals surface area contributed by atoms with Crippen LogP contribution in [0.25, 0.3) is 0 Å². The molecule has 0 spiro atoms. The highest BCUT2D eigenvalue weighted by atomic mass is 19.4. The number of hydrogen-bond donors (Lipinski definition) is 2. The third-order valence-corrected chi connectivity index (χ3v) is 5.83. The molecule has 3 rings (SSSR count). The SMILES string of the molecule is NC(=O)C(CNC(=O)C1(c2cccc(C(F)(F)F)c2)CCOCC1)Cc1ccc(F)cc1. The largest absolute Gasteiger partial charge is 0.416 e. The van der Waals surface area contributed by atoms with E-state index in [4.69, 9.17) is 10.5 Å². The summed E-state index contributed by atoms with van der Waals surface area (Å²) in [6.45, 7) is 0.351. The number of carbonyl (C=O) groups is 2. The normalized spacial score (nSPS) is 16.9. The van der Waals surface area contributed by atoms with Crippen molar-refractivity contribution in [1.29, 1.82) is 0 Å². The number of ether oxygens (including phenoxy) is 1. The molecule has 1 heterocycles. The summed E-state index contributed by atoms with van der Waals surface area (Å²) in [5.41, 5.74) is 4.36. The van der Waals surface area contributed by atoms with Crippen LogP contribution in [0.4, 0.5) is 17.6 Å². The van der Waals surface area contributed by atoms with Crippen LogP contribution in [-0.2, 0) is 32.3 Å². The molecule has 2 aromatic carbocycles. The number of benzene rings is 2. The van der Waals surface area contributed by atoms with E-state index >= 15 is 0 Å². The number of amides is 2. The summed E-state index contributed by atoms with van der Waals surface area (Å²) in [6, 6.07) is 10.3. The second-order valence-corrected chi connectivity index (χ2v) is 7.91. The van der Waals surface area contributed by atoms with E-state index in [1.165, 1.54) is 36.4 Å². The van der Waals surface area contributed by atoms with E-state index in [2.05, 4.69) is 5.32 Å². The summed E-state index contributed by atoms with van der Waals surface area (Å²) >= 11 is 0. The van der Waals surface area contributed by atoms with E-state index in [1.807, 2.05) is 0 Å². The molecule has 5 nitrogen and oxygen atoms in total. The van der Waals surface area contributed by atoms with Gasteiger partial charge in [-0.05, 0) is 48.6 Å². The van der Waals surface area contributed by atoms with Crippen molar-refractivity contribution in [3.8, 4) is 0 Å². The highest BCUT2D eigenvalue weighted by Gasteiger charge is 2.43. The first-order valence-electron chi connectivity index (χ1n) is 10.2. The van der Waals surface area contributed by atoms with E-state index in [0.29, 0.717) is 5.56 Å². The molecule has 0 radical (unpaired) electrons. The molecule has 0 bridgehead atoms. The summed E-state index contributed by atoms with van der Waals surface area (Å²) < 4.78 is 58.2. The van der Waals surface area contributed by atoms with Crippen LogP contribution in [0, 0.1) is 11.7 Å². The van der Waals surface area contributed by atoms with Crippen molar-refractivity contribution in [2.45, 2.75) is 30.9 Å². The molecule has 1 aliphatic rings. The molecule has 9 heteroatoms. The fourth-order valence-electron chi connectivity index (χ4n) is 3.92. The van der Waals surface area contributed by atoms with Gasteiger partial charge in [-0.25, -0.2) is 4.39 Å². The number of nitrogens with two attached hydrogens (primary N) is 1. The van der Waals surface area contributed by atoms with Crippen LogP contribution in [0.3, 0.4) is 0 Å². The monoisotopic (exact) mass is 452 g/mol. The van der Waals surface area contributed by atoms with Crippen molar-refractivity contribution in [3.05, 3.63) is 71.0 Å². The number of carbonyl (C=O) groups excluding carboxylic acids is 2. The lowest BCUT2D eigenvalue weighted by Gasteiger charge is -2.37. The van der Waals surface area contributed by atoms with Gasteiger partial charge >= 0.3 is 6.18 Å². The molecule has 1 atom stereocenters. The first-order valence-corrected chi connectivity index (χ1v) is 10.2. The average molecular weight is 452 g/mol. The van der Waals surface area contributed by atoms with Gasteiger partial charge in [0.25, 0.3) is 0 Å². The zero-order valence-electron chi connectivity index (χ0n) is 17.3. The van der Waals surface area contributed by atoms with E-state index in [1.54, 1.807) is 0 Å². The second kappa shape index (κ2) is 9.68. The first-order chi connectivity index (χ1) is 15.1. The number of primary amides is 1. The van der Waals surface area contributed by atoms with Crippen molar-refractivity contribution >= 4 is 11.8 Å². The molecule has 3 N–H and O–H groups in total. The zero-order valence-corrected chi connectivity index (χ0v) is 17.3. The second-order valence-electron chi connectivity index (χ2n) is 7.91. The maximum absolute atomic E-state index is 13.3. The van der Waals surface area contributed by atoms with Crippen molar-refractivity contribution in [2.75, 3.05) is 19.8 Å². The van der Waals surface area contributed by atoms with Crippen molar-refractivity contribution in [2.24, 2.45) is 11.7 Å². The van der Waals surface area contributed by atoms with Crippen molar-refractivity contribution in [1.82, 2.24) is 5.32 Å². The van der Waals surface area contributed by atoms with Crippen LogP contribution in [0.15, 0.2) is 48.5 Å². The Labute approximate surface area is 182 Å². The Hall–Kier alpha value is -2.94. The molecule has 1 unspecified atom stereocenters. The Morgan fingerprint density at radius 1 is 1.09 bits per heavy atom. The molecule has 1 saturated heterocycles. The van der Waals surface area contributed by atoms with Crippen LogP contribution in [0.1, 0.15) is 29.5 Å². The fourth-order valence-corrected chi connectivity index (χ4v) is 3.92.